The van der Waals surface area contributed by atoms with E-state index in [1.807, 2.05) is 11.8 Å². The molecule has 1 aliphatic rings. The van der Waals surface area contributed by atoms with E-state index in [9.17, 15) is 4.79 Å². The molecule has 0 aliphatic carbocycles. The van der Waals surface area contributed by atoms with Crippen molar-refractivity contribution in [2.45, 2.75) is 38.6 Å². The Balaban J connectivity index is 2.39. The normalized spacial score (nSPS) is 20.3. The van der Waals surface area contributed by atoms with Crippen LogP contribution in [0.4, 0.5) is 0 Å². The lowest BCUT2D eigenvalue weighted by atomic mass is 9.98. The predicted molar refractivity (Wildman–Crippen MR) is 75.0 cm³/mol. The number of methoxy groups -OCH3 is 1. The minimum Gasteiger partial charge on any atom is -0.396 e. The molecule has 1 heterocycles. The van der Waals surface area contributed by atoms with Gasteiger partial charge in [0.05, 0.1) is 13.2 Å². The van der Waals surface area contributed by atoms with Crippen molar-refractivity contribution >= 4 is 5.91 Å². The summed E-state index contributed by atoms with van der Waals surface area (Å²) < 4.78 is 5.15. The second-order valence-corrected chi connectivity index (χ2v) is 5.88. The number of aliphatic hydroxyl groups excluding tert-OH is 1. The molecule has 0 aromatic rings. The van der Waals surface area contributed by atoms with Crippen LogP contribution in [0.3, 0.4) is 0 Å². The molecule has 1 fully saturated rings. The zero-order valence-electron chi connectivity index (χ0n) is 12.4. The van der Waals surface area contributed by atoms with E-state index in [-0.39, 0.29) is 18.1 Å². The number of carbonyl (C=O) groups excluding carboxylic acids is 1. The highest BCUT2D eigenvalue weighted by Gasteiger charge is 2.26. The van der Waals surface area contributed by atoms with Crippen molar-refractivity contribution in [2.75, 3.05) is 40.0 Å². The molecule has 5 nitrogen and oxygen atoms in total. The van der Waals surface area contributed by atoms with Crippen molar-refractivity contribution < 1.29 is 14.6 Å². The molecule has 1 amide bonds. The highest BCUT2D eigenvalue weighted by atomic mass is 16.5. The Hall–Kier alpha value is -0.650. The Morgan fingerprint density at radius 1 is 1.47 bits per heavy atom. The van der Waals surface area contributed by atoms with Crippen molar-refractivity contribution in [3.63, 3.8) is 0 Å². The number of nitrogens with one attached hydrogen (secondary N) is 1. The molecule has 1 saturated heterocycles. The maximum absolute atomic E-state index is 12.1. The summed E-state index contributed by atoms with van der Waals surface area (Å²) in [5.74, 6) is 0.873. The van der Waals surface area contributed by atoms with Crippen molar-refractivity contribution in [1.29, 1.82) is 0 Å². The van der Waals surface area contributed by atoms with Gasteiger partial charge in [0, 0.05) is 32.3 Å². The van der Waals surface area contributed by atoms with Gasteiger partial charge in [-0.2, -0.15) is 0 Å². The summed E-state index contributed by atoms with van der Waals surface area (Å²) in [6.07, 6.45) is 2.76. The highest BCUT2D eigenvalue weighted by Crippen LogP contribution is 2.16. The molecule has 5 heteroatoms. The van der Waals surface area contributed by atoms with E-state index in [1.165, 1.54) is 0 Å². The summed E-state index contributed by atoms with van der Waals surface area (Å²) in [5.41, 5.74) is -0.345. The first-order chi connectivity index (χ1) is 9.00. The Morgan fingerprint density at radius 3 is 2.63 bits per heavy atom. The van der Waals surface area contributed by atoms with Crippen molar-refractivity contribution in [2.24, 2.45) is 5.92 Å². The summed E-state index contributed by atoms with van der Waals surface area (Å²) in [5, 5.41) is 12.3. The van der Waals surface area contributed by atoms with Gasteiger partial charge in [-0.25, -0.2) is 0 Å². The molecule has 0 bridgehead atoms. The zero-order valence-corrected chi connectivity index (χ0v) is 12.4. The number of piperidine rings is 1. The Kier molecular flexibility index (Phi) is 6.75. The van der Waals surface area contributed by atoms with Crippen LogP contribution < -0.4 is 5.32 Å². The van der Waals surface area contributed by atoms with E-state index in [0.717, 1.165) is 31.8 Å². The topological polar surface area (TPSA) is 61.8 Å². The second-order valence-electron chi connectivity index (χ2n) is 5.88. The lowest BCUT2D eigenvalue weighted by molar-refractivity contribution is -0.132. The first kappa shape index (κ1) is 16.4. The summed E-state index contributed by atoms with van der Waals surface area (Å²) in [6.45, 7) is 6.81. The molecule has 0 radical (unpaired) electrons. The number of ether oxygens (including phenoxy) is 1. The molecule has 1 aliphatic heterocycles. The minimum absolute atomic E-state index is 0.0856. The van der Waals surface area contributed by atoms with E-state index >= 15 is 0 Å². The number of carbonyl (C=O) groups is 1. The molecule has 0 aromatic heterocycles. The number of hydrogen-bond donors (Lipinski definition) is 2. The van der Waals surface area contributed by atoms with E-state index < -0.39 is 0 Å². The van der Waals surface area contributed by atoms with Gasteiger partial charge < -0.3 is 20.1 Å². The summed E-state index contributed by atoms with van der Waals surface area (Å²) in [7, 11) is 1.63. The van der Waals surface area contributed by atoms with Crippen LogP contribution in [0.15, 0.2) is 0 Å². The number of aliphatic hydroxyl groups is 1. The van der Waals surface area contributed by atoms with Crippen LogP contribution in [0.1, 0.15) is 33.1 Å². The molecule has 1 atom stereocenters. The van der Waals surface area contributed by atoms with Crippen molar-refractivity contribution in [3.8, 4) is 0 Å². The average Bonchev–Trinajstić information content (AvgIpc) is 2.37. The van der Waals surface area contributed by atoms with Crippen LogP contribution in [0, 0.1) is 5.92 Å². The molecular weight excluding hydrogens is 244 g/mol. The van der Waals surface area contributed by atoms with Gasteiger partial charge in [0.2, 0.25) is 5.91 Å². The average molecular weight is 272 g/mol. The molecule has 0 saturated carbocycles. The molecule has 19 heavy (non-hydrogen) atoms. The first-order valence-corrected chi connectivity index (χ1v) is 7.13. The largest absolute Gasteiger partial charge is 0.396 e. The fourth-order valence-corrected chi connectivity index (χ4v) is 2.44. The third-order valence-electron chi connectivity index (χ3n) is 3.93. The van der Waals surface area contributed by atoms with Crippen LogP contribution >= 0.6 is 0 Å². The van der Waals surface area contributed by atoms with Gasteiger partial charge in [0.1, 0.15) is 0 Å². The molecule has 112 valence electrons. The van der Waals surface area contributed by atoms with Gasteiger partial charge in [-0.1, -0.05) is 6.92 Å². The number of nitrogens with zero attached hydrogens (tertiary/aromatic N) is 1. The molecule has 1 unspecified atom stereocenters. The monoisotopic (exact) mass is 272 g/mol. The number of amides is 1. The molecular formula is C14H28N2O3. The van der Waals surface area contributed by atoms with Crippen LogP contribution in [-0.2, 0) is 9.53 Å². The van der Waals surface area contributed by atoms with Crippen LogP contribution in [0.2, 0.25) is 0 Å². The minimum atomic E-state index is -0.345. The number of likely N-dealkylation sites (tertiary alicyclic amines) is 1. The van der Waals surface area contributed by atoms with Gasteiger partial charge in [-0.15, -0.1) is 0 Å². The van der Waals surface area contributed by atoms with Crippen LogP contribution in [-0.4, -0.2) is 61.4 Å². The van der Waals surface area contributed by atoms with E-state index in [1.54, 1.807) is 7.11 Å². The van der Waals surface area contributed by atoms with Gasteiger partial charge >= 0.3 is 0 Å². The summed E-state index contributed by atoms with van der Waals surface area (Å²) in [4.78, 5) is 14.0. The fraction of sp³-hybridized carbons (Fsp3) is 0.929. The van der Waals surface area contributed by atoms with Crippen LogP contribution in [0.25, 0.3) is 0 Å². The zero-order chi connectivity index (χ0) is 14.3. The van der Waals surface area contributed by atoms with Gasteiger partial charge in [-0.3, -0.25) is 4.79 Å². The van der Waals surface area contributed by atoms with Gasteiger partial charge in [0.25, 0.3) is 0 Å². The maximum Gasteiger partial charge on any atom is 0.236 e. The van der Waals surface area contributed by atoms with E-state index in [0.29, 0.717) is 19.6 Å². The first-order valence-electron chi connectivity index (χ1n) is 7.13. The Morgan fingerprint density at radius 2 is 2.11 bits per heavy atom. The Bertz CT molecular complexity index is 270. The van der Waals surface area contributed by atoms with Crippen molar-refractivity contribution in [1.82, 2.24) is 10.2 Å². The highest BCUT2D eigenvalue weighted by molar-refractivity contribution is 5.78. The third-order valence-corrected chi connectivity index (χ3v) is 3.93. The Labute approximate surface area is 116 Å². The molecule has 0 spiro atoms. The summed E-state index contributed by atoms with van der Waals surface area (Å²) in [6, 6.07) is 0. The number of rotatable bonds is 7. The predicted octanol–water partition coefficient (Wildman–Crippen LogP) is 0.622. The fourth-order valence-electron chi connectivity index (χ4n) is 2.44. The number of hydrogen-bond acceptors (Lipinski definition) is 4. The molecule has 1 rings (SSSR count). The molecule has 0 aromatic carbocycles. The van der Waals surface area contributed by atoms with E-state index in [2.05, 4.69) is 12.2 Å². The second kappa shape index (κ2) is 7.82. The maximum atomic E-state index is 12.1. The van der Waals surface area contributed by atoms with Gasteiger partial charge in [-0.05, 0) is 32.1 Å². The van der Waals surface area contributed by atoms with Crippen molar-refractivity contribution in [3.05, 3.63) is 0 Å². The SMILES string of the molecule is COCC(C)(CCO)NCC(=O)N1CCC(C)CC1. The van der Waals surface area contributed by atoms with E-state index in [4.69, 9.17) is 9.84 Å². The standard InChI is InChI=1S/C14H28N2O3/c1-12-4-7-16(8-5-12)13(18)10-15-14(2,6-9-17)11-19-3/h12,15,17H,4-11H2,1-3H3. The quantitative estimate of drug-likeness (QED) is 0.713. The molecule has 2 N–H and O–H groups in total. The van der Waals surface area contributed by atoms with Gasteiger partial charge in [0.15, 0.2) is 0 Å². The third kappa shape index (κ3) is 5.47. The lowest BCUT2D eigenvalue weighted by Crippen LogP contribution is -2.52. The smallest absolute Gasteiger partial charge is 0.236 e. The lowest BCUT2D eigenvalue weighted by Gasteiger charge is -2.33. The van der Waals surface area contributed by atoms with Crippen LogP contribution in [0.5, 0.6) is 0 Å². The summed E-state index contributed by atoms with van der Waals surface area (Å²) >= 11 is 0.